The van der Waals surface area contributed by atoms with Gasteiger partial charge >= 0.3 is 0 Å². The monoisotopic (exact) mass is 625 g/mol. The number of nitrogens with one attached hydrogen (secondary N) is 3. The van der Waals surface area contributed by atoms with E-state index in [1.165, 1.54) is 18.9 Å². The van der Waals surface area contributed by atoms with E-state index in [9.17, 15) is 14.4 Å². The second kappa shape index (κ2) is 16.0. The molecule has 0 aliphatic carbocycles. The van der Waals surface area contributed by atoms with E-state index in [1.807, 2.05) is 19.9 Å². The lowest BCUT2D eigenvalue weighted by Gasteiger charge is -2.15. The van der Waals surface area contributed by atoms with E-state index in [4.69, 9.17) is 14.2 Å². The van der Waals surface area contributed by atoms with Crippen LogP contribution in [0.15, 0.2) is 108 Å². The van der Waals surface area contributed by atoms with Crippen LogP contribution in [0.5, 0.6) is 17.2 Å². The lowest BCUT2D eigenvalue weighted by atomic mass is 10.1. The average Bonchev–Trinajstić information content (AvgIpc) is 3.06. The van der Waals surface area contributed by atoms with Crippen LogP contribution in [0.1, 0.15) is 29.8 Å². The van der Waals surface area contributed by atoms with Crippen LogP contribution in [0, 0.1) is 0 Å². The number of carbonyl (C=O) groups is 3. The van der Waals surface area contributed by atoms with Gasteiger partial charge in [-0.2, -0.15) is 0 Å². The van der Waals surface area contributed by atoms with Gasteiger partial charge in [0.05, 0.1) is 26.1 Å². The zero-order chi connectivity index (χ0) is 32.2. The summed E-state index contributed by atoms with van der Waals surface area (Å²) in [7, 11) is 3.06. The molecule has 10 heteroatoms. The molecular formula is C35H35N3O6S. The van der Waals surface area contributed by atoms with Crippen molar-refractivity contribution in [1.82, 2.24) is 5.32 Å². The highest BCUT2D eigenvalue weighted by Crippen LogP contribution is 2.29. The number of ether oxygens (including phenoxy) is 3. The molecule has 0 fully saturated rings. The van der Waals surface area contributed by atoms with Gasteiger partial charge in [-0.15, -0.1) is 11.8 Å². The smallest absolute Gasteiger partial charge is 0.272 e. The van der Waals surface area contributed by atoms with Crippen LogP contribution in [-0.2, 0) is 9.59 Å². The van der Waals surface area contributed by atoms with E-state index in [0.29, 0.717) is 40.6 Å². The molecule has 0 aromatic heterocycles. The second-order valence-corrected chi connectivity index (χ2v) is 11.1. The number of carbonyl (C=O) groups excluding carboxylic acids is 3. The Labute approximate surface area is 267 Å². The largest absolute Gasteiger partial charge is 0.497 e. The Balaban J connectivity index is 1.50. The molecule has 0 bridgehead atoms. The molecule has 3 amide bonds. The summed E-state index contributed by atoms with van der Waals surface area (Å²) in [6.45, 7) is 4.28. The van der Waals surface area contributed by atoms with Crippen LogP contribution in [-0.4, -0.2) is 43.8 Å². The summed E-state index contributed by atoms with van der Waals surface area (Å²) < 4.78 is 16.2. The van der Waals surface area contributed by atoms with Crippen molar-refractivity contribution >= 4 is 46.9 Å². The second-order valence-electron chi connectivity index (χ2n) is 9.67. The minimum absolute atomic E-state index is 0.00785. The maximum absolute atomic E-state index is 13.6. The minimum atomic E-state index is -0.541. The molecule has 0 saturated carbocycles. The number of hydrogen-bond donors (Lipinski definition) is 3. The number of amides is 3. The third kappa shape index (κ3) is 9.38. The molecule has 4 rings (SSSR count). The van der Waals surface area contributed by atoms with E-state index < -0.39 is 17.1 Å². The van der Waals surface area contributed by atoms with Crippen LogP contribution in [0.4, 0.5) is 11.4 Å². The van der Waals surface area contributed by atoms with Crippen molar-refractivity contribution in [3.05, 3.63) is 114 Å². The zero-order valence-electron chi connectivity index (χ0n) is 25.5. The summed E-state index contributed by atoms with van der Waals surface area (Å²) in [4.78, 5) is 40.3. The highest BCUT2D eigenvalue weighted by atomic mass is 32.2. The van der Waals surface area contributed by atoms with Crippen molar-refractivity contribution < 1.29 is 28.6 Å². The fourth-order valence-corrected chi connectivity index (χ4v) is 5.11. The third-order valence-electron chi connectivity index (χ3n) is 6.48. The van der Waals surface area contributed by atoms with Crippen LogP contribution in [0.3, 0.4) is 0 Å². The highest BCUT2D eigenvalue weighted by Gasteiger charge is 2.18. The predicted octanol–water partition coefficient (Wildman–Crippen LogP) is 6.63. The van der Waals surface area contributed by atoms with Crippen molar-refractivity contribution in [2.75, 3.05) is 31.5 Å². The molecule has 9 nitrogen and oxygen atoms in total. The number of thioether (sulfide) groups is 1. The van der Waals surface area contributed by atoms with E-state index in [1.54, 1.807) is 104 Å². The Kier molecular flexibility index (Phi) is 11.6. The van der Waals surface area contributed by atoms with E-state index in [-0.39, 0.29) is 11.6 Å². The first-order chi connectivity index (χ1) is 21.8. The lowest BCUT2D eigenvalue weighted by molar-refractivity contribution is -0.115. The molecule has 0 radical (unpaired) electrons. The number of anilines is 2. The van der Waals surface area contributed by atoms with Crippen molar-refractivity contribution in [1.29, 1.82) is 0 Å². The van der Waals surface area contributed by atoms with Gasteiger partial charge in [-0.05, 0) is 86.7 Å². The molecule has 4 aromatic carbocycles. The topological polar surface area (TPSA) is 115 Å². The normalized spacial score (nSPS) is 11.6. The van der Waals surface area contributed by atoms with E-state index in [0.717, 1.165) is 10.6 Å². The van der Waals surface area contributed by atoms with E-state index >= 15 is 0 Å². The van der Waals surface area contributed by atoms with Crippen molar-refractivity contribution in [2.45, 2.75) is 24.0 Å². The molecule has 0 aliphatic rings. The highest BCUT2D eigenvalue weighted by molar-refractivity contribution is 8.00. The Morgan fingerprint density at radius 3 is 2.22 bits per heavy atom. The summed E-state index contributed by atoms with van der Waals surface area (Å²) in [5.74, 6) is 0.629. The zero-order valence-corrected chi connectivity index (χ0v) is 26.3. The summed E-state index contributed by atoms with van der Waals surface area (Å²) in [5, 5.41) is 8.09. The first-order valence-corrected chi connectivity index (χ1v) is 15.1. The molecule has 1 atom stereocenters. The van der Waals surface area contributed by atoms with Crippen LogP contribution in [0.25, 0.3) is 6.08 Å². The van der Waals surface area contributed by atoms with Crippen LogP contribution in [0.2, 0.25) is 0 Å². The summed E-state index contributed by atoms with van der Waals surface area (Å²) in [5.41, 5.74) is 2.13. The van der Waals surface area contributed by atoms with Gasteiger partial charge < -0.3 is 30.2 Å². The number of benzene rings is 4. The van der Waals surface area contributed by atoms with Crippen LogP contribution >= 0.6 is 11.8 Å². The quantitative estimate of drug-likeness (QED) is 0.113. The average molecular weight is 626 g/mol. The Morgan fingerprint density at radius 2 is 1.53 bits per heavy atom. The molecule has 232 valence electrons. The van der Waals surface area contributed by atoms with Gasteiger partial charge in [-0.3, -0.25) is 14.4 Å². The minimum Gasteiger partial charge on any atom is -0.497 e. The Bertz CT molecular complexity index is 1660. The maximum atomic E-state index is 13.6. The third-order valence-corrected chi connectivity index (χ3v) is 7.57. The van der Waals surface area contributed by atoms with Crippen LogP contribution < -0.4 is 30.2 Å². The molecule has 0 heterocycles. The molecule has 4 aromatic rings. The Hall–Kier alpha value is -5.22. The first-order valence-electron chi connectivity index (χ1n) is 14.2. The molecule has 0 spiro atoms. The van der Waals surface area contributed by atoms with Gasteiger partial charge in [0.25, 0.3) is 11.8 Å². The van der Waals surface area contributed by atoms with Crippen molar-refractivity contribution in [2.24, 2.45) is 0 Å². The molecular weight excluding hydrogens is 590 g/mol. The molecule has 3 N–H and O–H groups in total. The van der Waals surface area contributed by atoms with Gasteiger partial charge in [-0.1, -0.05) is 24.3 Å². The summed E-state index contributed by atoms with van der Waals surface area (Å²) in [6, 6.07) is 28.1. The standard InChI is InChI=1S/C35H35N3O6S/c1-5-44-28-18-15-26(16-19-28)36-33(39)23(2)45-30-13-9-12-27(21-30)37-35(41)31(38-34(40)24-10-7-6-8-11-24)20-25-14-17-29(42-3)22-32(25)43-4/h6-23H,5H2,1-4H3,(H,36,39)(H,37,41)(H,38,40)/b31-20+. The van der Waals surface area contributed by atoms with E-state index in [2.05, 4.69) is 16.0 Å². The first kappa shape index (κ1) is 32.7. The fraction of sp³-hybridized carbons (Fsp3) is 0.171. The van der Waals surface area contributed by atoms with Gasteiger partial charge in [0, 0.05) is 33.5 Å². The van der Waals surface area contributed by atoms with Gasteiger partial charge in [0.2, 0.25) is 5.91 Å². The fourth-order valence-electron chi connectivity index (χ4n) is 4.18. The lowest BCUT2D eigenvalue weighted by Crippen LogP contribution is -2.30. The van der Waals surface area contributed by atoms with Gasteiger partial charge in [-0.25, -0.2) is 0 Å². The molecule has 45 heavy (non-hydrogen) atoms. The van der Waals surface area contributed by atoms with Gasteiger partial charge in [0.1, 0.15) is 22.9 Å². The predicted molar refractivity (Wildman–Crippen MR) is 178 cm³/mol. The molecule has 0 saturated heterocycles. The number of hydrogen-bond acceptors (Lipinski definition) is 7. The van der Waals surface area contributed by atoms with Crippen molar-refractivity contribution in [3.63, 3.8) is 0 Å². The Morgan fingerprint density at radius 1 is 0.800 bits per heavy atom. The van der Waals surface area contributed by atoms with Gasteiger partial charge in [0.15, 0.2) is 0 Å². The SMILES string of the molecule is CCOc1ccc(NC(=O)C(C)Sc2cccc(NC(=O)/C(=C\c3ccc(OC)cc3OC)NC(=O)c3ccccc3)c2)cc1. The number of methoxy groups -OCH3 is 2. The number of rotatable bonds is 13. The van der Waals surface area contributed by atoms with Crippen molar-refractivity contribution in [3.8, 4) is 17.2 Å². The maximum Gasteiger partial charge on any atom is 0.272 e. The summed E-state index contributed by atoms with van der Waals surface area (Å²) in [6.07, 6.45) is 1.54. The summed E-state index contributed by atoms with van der Waals surface area (Å²) >= 11 is 1.35. The molecule has 0 aliphatic heterocycles. The molecule has 1 unspecified atom stereocenters.